The third kappa shape index (κ3) is 1.12. The molecule has 3 nitrogen and oxygen atoms in total. The number of rotatable bonds is 2. The molecule has 2 rings (SSSR count). The van der Waals surface area contributed by atoms with E-state index < -0.39 is 0 Å². The van der Waals surface area contributed by atoms with Gasteiger partial charge in [-0.25, -0.2) is 0 Å². The fourth-order valence-corrected chi connectivity index (χ4v) is 0.823. The second kappa shape index (κ2) is 2.01. The minimum Gasteiger partial charge on any atom is -0.432 e. The molecule has 1 aliphatic rings. The van der Waals surface area contributed by atoms with E-state index in [2.05, 4.69) is 10.3 Å². The third-order valence-corrected chi connectivity index (χ3v) is 1.52. The largest absolute Gasteiger partial charge is 0.432 e. The zero-order chi connectivity index (χ0) is 6.97. The van der Waals surface area contributed by atoms with Gasteiger partial charge in [-0.2, -0.15) is 4.98 Å². The lowest BCUT2D eigenvalue weighted by molar-refractivity contribution is 0.570. The maximum atomic E-state index is 5.09. The van der Waals surface area contributed by atoms with E-state index in [0.29, 0.717) is 12.1 Å². The maximum Gasteiger partial charge on any atom is 0.294 e. The summed E-state index contributed by atoms with van der Waals surface area (Å²) in [5.41, 5.74) is 0.933. The smallest absolute Gasteiger partial charge is 0.294 e. The van der Waals surface area contributed by atoms with E-state index in [0.717, 1.165) is 5.69 Å². The van der Waals surface area contributed by atoms with E-state index in [1.54, 1.807) is 6.26 Å². The van der Waals surface area contributed by atoms with Crippen molar-refractivity contribution in [3.8, 4) is 0 Å². The Bertz CT molecular complexity index is 227. The van der Waals surface area contributed by atoms with Crippen molar-refractivity contribution >= 4 is 6.01 Å². The molecule has 1 aromatic heterocycles. The molecule has 1 fully saturated rings. The van der Waals surface area contributed by atoms with Crippen LogP contribution < -0.4 is 5.32 Å². The molecule has 0 aromatic carbocycles. The number of oxazole rings is 1. The quantitative estimate of drug-likeness (QED) is 0.673. The van der Waals surface area contributed by atoms with Crippen molar-refractivity contribution in [2.45, 2.75) is 25.8 Å². The molecule has 1 aromatic rings. The first-order chi connectivity index (χ1) is 4.84. The van der Waals surface area contributed by atoms with E-state index in [4.69, 9.17) is 4.42 Å². The van der Waals surface area contributed by atoms with Crippen LogP contribution in [0.5, 0.6) is 0 Å². The first-order valence-corrected chi connectivity index (χ1v) is 3.53. The summed E-state index contributed by atoms with van der Waals surface area (Å²) in [5, 5.41) is 3.16. The van der Waals surface area contributed by atoms with Gasteiger partial charge in [-0.1, -0.05) is 0 Å². The van der Waals surface area contributed by atoms with Gasteiger partial charge in [0.1, 0.15) is 6.26 Å². The summed E-state index contributed by atoms with van der Waals surface area (Å²) in [5.74, 6) is 0. The molecule has 10 heavy (non-hydrogen) atoms. The molecule has 0 unspecified atom stereocenters. The number of anilines is 1. The van der Waals surface area contributed by atoms with Crippen molar-refractivity contribution in [3.63, 3.8) is 0 Å². The molecule has 0 atom stereocenters. The molecular weight excluding hydrogens is 128 g/mol. The Kier molecular flexibility index (Phi) is 1.16. The Morgan fingerprint density at radius 2 is 2.50 bits per heavy atom. The highest BCUT2D eigenvalue weighted by molar-refractivity contribution is 5.24. The SMILES string of the molecule is Cc1coc(NC2CC2)n1. The van der Waals surface area contributed by atoms with Crippen LogP contribution in [0.3, 0.4) is 0 Å². The Labute approximate surface area is 59.4 Å². The van der Waals surface area contributed by atoms with Gasteiger partial charge < -0.3 is 9.73 Å². The van der Waals surface area contributed by atoms with Crippen molar-refractivity contribution in [1.29, 1.82) is 0 Å². The number of nitrogens with one attached hydrogen (secondary N) is 1. The molecule has 54 valence electrons. The van der Waals surface area contributed by atoms with E-state index in [9.17, 15) is 0 Å². The number of nitrogens with zero attached hydrogens (tertiary/aromatic N) is 1. The van der Waals surface area contributed by atoms with Crippen LogP contribution >= 0.6 is 0 Å². The number of aryl methyl sites for hydroxylation is 1. The zero-order valence-electron chi connectivity index (χ0n) is 5.92. The summed E-state index contributed by atoms with van der Waals surface area (Å²) in [6.07, 6.45) is 4.16. The van der Waals surface area contributed by atoms with Gasteiger partial charge in [0.2, 0.25) is 0 Å². The molecule has 0 saturated heterocycles. The van der Waals surface area contributed by atoms with Crippen molar-refractivity contribution in [1.82, 2.24) is 4.98 Å². The van der Waals surface area contributed by atoms with Gasteiger partial charge in [0, 0.05) is 6.04 Å². The second-order valence-electron chi connectivity index (χ2n) is 2.71. The van der Waals surface area contributed by atoms with Gasteiger partial charge in [0.05, 0.1) is 5.69 Å². The van der Waals surface area contributed by atoms with Gasteiger partial charge in [0.25, 0.3) is 6.01 Å². The monoisotopic (exact) mass is 138 g/mol. The van der Waals surface area contributed by atoms with Crippen LogP contribution in [0, 0.1) is 6.92 Å². The maximum absolute atomic E-state index is 5.09. The van der Waals surface area contributed by atoms with E-state index in [-0.39, 0.29) is 0 Å². The Hall–Kier alpha value is -0.990. The minimum atomic E-state index is 0.623. The van der Waals surface area contributed by atoms with Crippen LogP contribution in [-0.4, -0.2) is 11.0 Å². The van der Waals surface area contributed by atoms with Gasteiger partial charge in [-0.3, -0.25) is 0 Å². The summed E-state index contributed by atoms with van der Waals surface area (Å²) in [7, 11) is 0. The highest BCUT2D eigenvalue weighted by Gasteiger charge is 2.22. The molecule has 1 aliphatic carbocycles. The molecular formula is C7H10N2O. The van der Waals surface area contributed by atoms with Gasteiger partial charge in [0.15, 0.2) is 0 Å². The first-order valence-electron chi connectivity index (χ1n) is 3.53. The van der Waals surface area contributed by atoms with Gasteiger partial charge in [-0.05, 0) is 19.8 Å². The highest BCUT2D eigenvalue weighted by atomic mass is 16.4. The van der Waals surface area contributed by atoms with Crippen LogP contribution in [0.4, 0.5) is 6.01 Å². The van der Waals surface area contributed by atoms with Crippen molar-refractivity contribution < 1.29 is 4.42 Å². The lowest BCUT2D eigenvalue weighted by Crippen LogP contribution is -2.00. The minimum absolute atomic E-state index is 0.623. The zero-order valence-corrected chi connectivity index (χ0v) is 5.92. The fraction of sp³-hybridized carbons (Fsp3) is 0.571. The molecule has 1 N–H and O–H groups in total. The van der Waals surface area contributed by atoms with Crippen LogP contribution in [0.15, 0.2) is 10.7 Å². The summed E-state index contributed by atoms with van der Waals surface area (Å²) < 4.78 is 5.09. The van der Waals surface area contributed by atoms with Gasteiger partial charge >= 0.3 is 0 Å². The predicted octanol–water partition coefficient (Wildman–Crippen LogP) is 1.56. The summed E-state index contributed by atoms with van der Waals surface area (Å²) in [6.45, 7) is 1.92. The molecule has 0 radical (unpaired) electrons. The fourth-order valence-electron chi connectivity index (χ4n) is 0.823. The van der Waals surface area contributed by atoms with Crippen molar-refractivity contribution in [2.75, 3.05) is 5.32 Å². The summed E-state index contributed by atoms with van der Waals surface area (Å²) >= 11 is 0. The van der Waals surface area contributed by atoms with Gasteiger partial charge in [-0.15, -0.1) is 0 Å². The molecule has 0 aliphatic heterocycles. The molecule has 0 bridgehead atoms. The molecule has 0 amide bonds. The number of aromatic nitrogens is 1. The number of hydrogen-bond donors (Lipinski definition) is 1. The highest BCUT2D eigenvalue weighted by Crippen LogP contribution is 2.23. The topological polar surface area (TPSA) is 38.1 Å². The second-order valence-corrected chi connectivity index (χ2v) is 2.71. The molecule has 0 spiro atoms. The lowest BCUT2D eigenvalue weighted by atomic mass is 10.6. The van der Waals surface area contributed by atoms with Crippen LogP contribution in [0.1, 0.15) is 18.5 Å². The Morgan fingerprint density at radius 3 is 3.00 bits per heavy atom. The lowest BCUT2D eigenvalue weighted by Gasteiger charge is -1.93. The van der Waals surface area contributed by atoms with E-state index >= 15 is 0 Å². The normalized spacial score (nSPS) is 17.3. The Balaban J connectivity index is 2.03. The van der Waals surface area contributed by atoms with E-state index in [1.807, 2.05) is 6.92 Å². The molecule has 3 heteroatoms. The summed E-state index contributed by atoms with van der Waals surface area (Å²) in [6, 6.07) is 1.29. The molecule has 1 heterocycles. The van der Waals surface area contributed by atoms with Crippen LogP contribution in [0.2, 0.25) is 0 Å². The average molecular weight is 138 g/mol. The predicted molar refractivity (Wildman–Crippen MR) is 37.9 cm³/mol. The van der Waals surface area contributed by atoms with Crippen molar-refractivity contribution in [2.24, 2.45) is 0 Å². The third-order valence-electron chi connectivity index (χ3n) is 1.52. The average Bonchev–Trinajstić information content (AvgIpc) is 2.59. The molecule has 1 saturated carbocycles. The summed E-state index contributed by atoms with van der Waals surface area (Å²) in [4.78, 5) is 4.11. The van der Waals surface area contributed by atoms with Crippen molar-refractivity contribution in [3.05, 3.63) is 12.0 Å². The first kappa shape index (κ1) is 5.77. The number of hydrogen-bond acceptors (Lipinski definition) is 3. The van der Waals surface area contributed by atoms with E-state index in [1.165, 1.54) is 12.8 Å². The Morgan fingerprint density at radius 1 is 1.70 bits per heavy atom. The van der Waals surface area contributed by atoms with Crippen LogP contribution in [0.25, 0.3) is 0 Å². The van der Waals surface area contributed by atoms with Crippen LogP contribution in [-0.2, 0) is 0 Å². The standard InChI is InChI=1S/C7H10N2O/c1-5-4-10-7(8-5)9-6-2-3-6/h4,6H,2-3H2,1H3,(H,8,9).